The number of anilines is 2. The van der Waals surface area contributed by atoms with Crippen LogP contribution in [0.4, 0.5) is 11.4 Å². The van der Waals surface area contributed by atoms with E-state index in [1.807, 2.05) is 54.6 Å². The van der Waals surface area contributed by atoms with Gasteiger partial charge in [-0.05, 0) is 23.6 Å². The molecule has 4 rings (SSSR count). The Kier molecular flexibility index (Phi) is 3.20. The van der Waals surface area contributed by atoms with Gasteiger partial charge in [-0.25, -0.2) is 4.98 Å². The highest BCUT2D eigenvalue weighted by molar-refractivity contribution is 7.21. The molecule has 4 nitrogen and oxygen atoms in total. The maximum absolute atomic E-state index is 12.6. The summed E-state index contributed by atoms with van der Waals surface area (Å²) in [5, 5.41) is 5.87. The van der Waals surface area contributed by atoms with Gasteiger partial charge in [0.1, 0.15) is 9.71 Å². The summed E-state index contributed by atoms with van der Waals surface area (Å²) in [6.45, 7) is 0. The molecule has 23 heavy (non-hydrogen) atoms. The van der Waals surface area contributed by atoms with Crippen LogP contribution in [0.2, 0.25) is 0 Å². The molecule has 0 aliphatic rings. The second kappa shape index (κ2) is 5.37. The zero-order valence-corrected chi connectivity index (χ0v) is 12.9. The van der Waals surface area contributed by atoms with Gasteiger partial charge < -0.3 is 11.1 Å². The van der Waals surface area contributed by atoms with Crippen molar-refractivity contribution in [1.82, 2.24) is 4.98 Å². The molecule has 0 spiro atoms. The Labute approximate surface area is 136 Å². The van der Waals surface area contributed by atoms with Crippen molar-refractivity contribution < 1.29 is 4.79 Å². The van der Waals surface area contributed by atoms with Crippen molar-refractivity contribution in [3.05, 3.63) is 65.7 Å². The molecule has 0 radical (unpaired) electrons. The van der Waals surface area contributed by atoms with Gasteiger partial charge in [-0.3, -0.25) is 4.79 Å². The highest BCUT2D eigenvalue weighted by Gasteiger charge is 2.17. The predicted octanol–water partition coefficient (Wildman–Crippen LogP) is 4.28. The molecule has 2 heterocycles. The minimum absolute atomic E-state index is 0.207. The second-order valence-corrected chi connectivity index (χ2v) is 6.18. The molecular formula is C18H13N3OS. The van der Waals surface area contributed by atoms with E-state index in [0.29, 0.717) is 10.6 Å². The molecule has 2 aromatic heterocycles. The molecule has 5 heteroatoms. The number of nitrogen functional groups attached to an aromatic ring is 1. The van der Waals surface area contributed by atoms with Crippen LogP contribution in [0.5, 0.6) is 0 Å². The first kappa shape index (κ1) is 13.7. The van der Waals surface area contributed by atoms with Crippen LogP contribution < -0.4 is 11.1 Å². The van der Waals surface area contributed by atoms with Crippen molar-refractivity contribution in [2.75, 3.05) is 11.1 Å². The quantitative estimate of drug-likeness (QED) is 0.579. The van der Waals surface area contributed by atoms with Gasteiger partial charge in [0.05, 0.1) is 5.69 Å². The molecule has 0 atom stereocenters. The number of aromatic nitrogens is 1. The van der Waals surface area contributed by atoms with Crippen LogP contribution in [-0.2, 0) is 0 Å². The monoisotopic (exact) mass is 319 g/mol. The van der Waals surface area contributed by atoms with Crippen LogP contribution in [-0.4, -0.2) is 10.9 Å². The lowest BCUT2D eigenvalue weighted by atomic mass is 10.1. The van der Waals surface area contributed by atoms with E-state index in [9.17, 15) is 4.79 Å². The molecule has 112 valence electrons. The summed E-state index contributed by atoms with van der Waals surface area (Å²) in [7, 11) is 0. The molecular weight excluding hydrogens is 306 g/mol. The van der Waals surface area contributed by atoms with Crippen LogP contribution >= 0.6 is 11.3 Å². The Morgan fingerprint density at radius 2 is 1.78 bits per heavy atom. The van der Waals surface area contributed by atoms with Crippen molar-refractivity contribution >= 4 is 49.6 Å². The first-order valence-electron chi connectivity index (χ1n) is 7.16. The lowest BCUT2D eigenvalue weighted by molar-refractivity contribution is 0.103. The Hall–Kier alpha value is -2.92. The number of benzene rings is 2. The van der Waals surface area contributed by atoms with E-state index in [-0.39, 0.29) is 5.91 Å². The molecule has 0 saturated heterocycles. The van der Waals surface area contributed by atoms with E-state index >= 15 is 0 Å². The normalized spacial score (nSPS) is 11.0. The molecule has 0 unspecified atom stereocenters. The van der Waals surface area contributed by atoms with Crippen molar-refractivity contribution in [1.29, 1.82) is 0 Å². The lowest BCUT2D eigenvalue weighted by Crippen LogP contribution is -2.12. The Balaban J connectivity index is 1.75. The molecule has 2 aromatic carbocycles. The third kappa shape index (κ3) is 2.31. The van der Waals surface area contributed by atoms with Crippen LogP contribution in [0, 0.1) is 0 Å². The van der Waals surface area contributed by atoms with Gasteiger partial charge in [0, 0.05) is 22.7 Å². The van der Waals surface area contributed by atoms with E-state index < -0.39 is 0 Å². The molecule has 0 saturated carbocycles. The molecule has 3 N–H and O–H groups in total. The summed E-state index contributed by atoms with van der Waals surface area (Å²) < 4.78 is 0. The molecule has 0 bridgehead atoms. The van der Waals surface area contributed by atoms with Gasteiger partial charge in [0.15, 0.2) is 0 Å². The van der Waals surface area contributed by atoms with Crippen LogP contribution in [0.1, 0.15) is 9.67 Å². The number of pyridine rings is 1. The average molecular weight is 319 g/mol. The molecule has 0 aliphatic heterocycles. The second-order valence-electron chi connectivity index (χ2n) is 5.18. The van der Waals surface area contributed by atoms with Crippen molar-refractivity contribution in [3.8, 4) is 0 Å². The minimum Gasteiger partial charge on any atom is -0.397 e. The number of thiophene rings is 1. The van der Waals surface area contributed by atoms with Gasteiger partial charge in [0.2, 0.25) is 0 Å². The van der Waals surface area contributed by atoms with E-state index in [1.165, 1.54) is 11.3 Å². The number of carbonyl (C=O) groups is 1. The van der Waals surface area contributed by atoms with E-state index in [0.717, 1.165) is 26.7 Å². The average Bonchev–Trinajstić information content (AvgIpc) is 2.93. The van der Waals surface area contributed by atoms with Gasteiger partial charge in [-0.2, -0.15) is 0 Å². The highest BCUT2D eigenvalue weighted by Crippen LogP contribution is 2.33. The maximum Gasteiger partial charge on any atom is 0.267 e. The fourth-order valence-electron chi connectivity index (χ4n) is 2.63. The van der Waals surface area contributed by atoms with Gasteiger partial charge in [0.25, 0.3) is 5.91 Å². The zero-order valence-electron chi connectivity index (χ0n) is 12.1. The summed E-state index contributed by atoms with van der Waals surface area (Å²) in [4.78, 5) is 18.2. The molecule has 4 aromatic rings. The van der Waals surface area contributed by atoms with Crippen LogP contribution in [0.3, 0.4) is 0 Å². The summed E-state index contributed by atoms with van der Waals surface area (Å²) >= 11 is 1.31. The number of hydrogen-bond donors (Lipinski definition) is 2. The van der Waals surface area contributed by atoms with Crippen molar-refractivity contribution in [3.63, 3.8) is 0 Å². The number of nitrogens with zero attached hydrogens (tertiary/aromatic N) is 1. The van der Waals surface area contributed by atoms with E-state index in [1.54, 1.807) is 6.20 Å². The first-order valence-corrected chi connectivity index (χ1v) is 7.98. The number of nitrogens with two attached hydrogens (primary N) is 1. The first-order chi connectivity index (χ1) is 11.2. The lowest BCUT2D eigenvalue weighted by Gasteiger charge is -2.08. The van der Waals surface area contributed by atoms with Gasteiger partial charge in [-0.15, -0.1) is 11.3 Å². The number of rotatable bonds is 2. The smallest absolute Gasteiger partial charge is 0.267 e. The Morgan fingerprint density at radius 3 is 2.65 bits per heavy atom. The van der Waals surface area contributed by atoms with E-state index in [4.69, 9.17) is 5.73 Å². The molecule has 0 fully saturated rings. The Bertz CT molecular complexity index is 1030. The topological polar surface area (TPSA) is 68.0 Å². The fraction of sp³-hybridized carbons (Fsp3) is 0. The summed E-state index contributed by atoms with van der Waals surface area (Å²) in [6.07, 6.45) is 1.70. The molecule has 1 amide bonds. The van der Waals surface area contributed by atoms with Crippen LogP contribution in [0.15, 0.2) is 60.8 Å². The third-order valence-corrected chi connectivity index (χ3v) is 4.88. The number of fused-ring (bicyclic) bond motifs is 2. The largest absolute Gasteiger partial charge is 0.397 e. The van der Waals surface area contributed by atoms with Crippen LogP contribution in [0.25, 0.3) is 21.0 Å². The fourth-order valence-corrected chi connectivity index (χ4v) is 3.59. The Morgan fingerprint density at radius 1 is 1.00 bits per heavy atom. The minimum atomic E-state index is -0.207. The highest BCUT2D eigenvalue weighted by atomic mass is 32.1. The zero-order chi connectivity index (χ0) is 15.8. The van der Waals surface area contributed by atoms with Crippen molar-refractivity contribution in [2.24, 2.45) is 0 Å². The number of hydrogen-bond acceptors (Lipinski definition) is 4. The summed E-state index contributed by atoms with van der Waals surface area (Å²) in [5.41, 5.74) is 7.37. The number of nitrogens with one attached hydrogen (secondary N) is 1. The third-order valence-electron chi connectivity index (χ3n) is 3.75. The summed E-state index contributed by atoms with van der Waals surface area (Å²) in [6, 6.07) is 17.5. The SMILES string of the molecule is Nc1c(C(=O)Nc2cccc3ccccc23)sc2ncccc12. The standard InChI is InChI=1S/C18H13N3OS/c19-15-13-8-4-10-20-18(13)23-16(15)17(22)21-14-9-3-6-11-5-1-2-7-12(11)14/h1-10H,19H2,(H,21,22). The van der Waals surface area contributed by atoms with Gasteiger partial charge in [-0.1, -0.05) is 36.4 Å². The summed E-state index contributed by atoms with van der Waals surface area (Å²) in [5.74, 6) is -0.207. The maximum atomic E-state index is 12.6. The number of amides is 1. The number of carbonyl (C=O) groups excluding carboxylic acids is 1. The predicted molar refractivity (Wildman–Crippen MR) is 95.9 cm³/mol. The van der Waals surface area contributed by atoms with Gasteiger partial charge >= 0.3 is 0 Å². The molecule has 0 aliphatic carbocycles. The van der Waals surface area contributed by atoms with Crippen molar-refractivity contribution in [2.45, 2.75) is 0 Å². The van der Waals surface area contributed by atoms with E-state index in [2.05, 4.69) is 10.3 Å².